The number of nitrogens with zero attached hydrogens (tertiary/aromatic N) is 3. The molecular formula is C19H25F3N6. The van der Waals surface area contributed by atoms with Gasteiger partial charge in [0.2, 0.25) is 0 Å². The molecule has 1 aromatic rings. The molecular weight excluding hydrogens is 369 g/mol. The number of halogens is 3. The van der Waals surface area contributed by atoms with Gasteiger partial charge in [0.1, 0.15) is 11.4 Å². The summed E-state index contributed by atoms with van der Waals surface area (Å²) in [6, 6.07) is 3.75. The van der Waals surface area contributed by atoms with Gasteiger partial charge in [-0.25, -0.2) is 9.98 Å². The minimum Gasteiger partial charge on any atom is -0.319 e. The van der Waals surface area contributed by atoms with Crippen molar-refractivity contribution in [2.24, 2.45) is 26.5 Å². The molecule has 2 aliphatic carbocycles. The van der Waals surface area contributed by atoms with Crippen LogP contribution in [0.15, 0.2) is 28.2 Å². The summed E-state index contributed by atoms with van der Waals surface area (Å²) in [6.45, 7) is 4.91. The Balaban J connectivity index is 1.66. The Morgan fingerprint density at radius 1 is 1.14 bits per heavy atom. The standard InChI is InChI=1S/C19H25F3N6/c1-16(6-7-16)10-18(23)27-14(12-4-3-5-13(25-12)19(20,21)22)26-15(28-18)24-11-17(2)8-9-17/h3-5H,6-11,23H2,1-2H3,(H2,24,26,27,28). The highest BCUT2D eigenvalue weighted by atomic mass is 19.4. The van der Waals surface area contributed by atoms with E-state index in [-0.39, 0.29) is 22.4 Å². The van der Waals surface area contributed by atoms with E-state index in [1.807, 2.05) is 0 Å². The lowest BCUT2D eigenvalue weighted by Crippen LogP contribution is -2.64. The molecule has 0 spiro atoms. The van der Waals surface area contributed by atoms with Gasteiger partial charge in [0.25, 0.3) is 0 Å². The summed E-state index contributed by atoms with van der Waals surface area (Å²) in [5.41, 5.74) is 5.92. The van der Waals surface area contributed by atoms with Crippen LogP contribution in [0.4, 0.5) is 13.2 Å². The fourth-order valence-electron chi connectivity index (χ4n) is 3.29. The number of aliphatic imine (C=N–C) groups is 2. The van der Waals surface area contributed by atoms with Gasteiger partial charge < -0.3 is 10.6 Å². The molecule has 0 bridgehead atoms. The Labute approximate surface area is 161 Å². The molecule has 152 valence electrons. The van der Waals surface area contributed by atoms with Gasteiger partial charge in [-0.15, -0.1) is 0 Å². The van der Waals surface area contributed by atoms with Gasteiger partial charge in [-0.1, -0.05) is 19.9 Å². The topological polar surface area (TPSA) is 87.7 Å². The maximum absolute atomic E-state index is 13.1. The number of alkyl halides is 3. The van der Waals surface area contributed by atoms with Crippen LogP contribution in [0.5, 0.6) is 0 Å². The van der Waals surface area contributed by atoms with Crippen LogP contribution in [0, 0.1) is 10.8 Å². The number of nitrogens with one attached hydrogen (secondary N) is 2. The summed E-state index contributed by atoms with van der Waals surface area (Å²) in [7, 11) is 0. The van der Waals surface area contributed by atoms with Crippen molar-refractivity contribution < 1.29 is 13.2 Å². The molecule has 9 heteroatoms. The summed E-state index contributed by atoms with van der Waals surface area (Å²) >= 11 is 0. The zero-order valence-electron chi connectivity index (χ0n) is 16.0. The van der Waals surface area contributed by atoms with E-state index in [1.165, 1.54) is 12.1 Å². The molecule has 1 unspecified atom stereocenters. The maximum atomic E-state index is 13.1. The van der Waals surface area contributed by atoms with Crippen molar-refractivity contribution >= 4 is 11.8 Å². The van der Waals surface area contributed by atoms with Crippen molar-refractivity contribution in [2.45, 2.75) is 57.9 Å². The number of aromatic nitrogens is 1. The number of pyridine rings is 1. The highest BCUT2D eigenvalue weighted by molar-refractivity contribution is 6.09. The first-order valence-electron chi connectivity index (χ1n) is 9.51. The smallest absolute Gasteiger partial charge is 0.319 e. The van der Waals surface area contributed by atoms with Crippen LogP contribution in [0.25, 0.3) is 0 Å². The number of amidine groups is 1. The second-order valence-electron chi connectivity index (χ2n) is 9.00. The van der Waals surface area contributed by atoms with Crippen LogP contribution in [0.3, 0.4) is 0 Å². The molecule has 2 saturated carbocycles. The van der Waals surface area contributed by atoms with Gasteiger partial charge in [0.05, 0.1) is 0 Å². The van der Waals surface area contributed by atoms with Crippen molar-refractivity contribution in [2.75, 3.05) is 6.54 Å². The Morgan fingerprint density at radius 2 is 1.82 bits per heavy atom. The van der Waals surface area contributed by atoms with E-state index >= 15 is 0 Å². The lowest BCUT2D eigenvalue weighted by Gasteiger charge is -2.35. The summed E-state index contributed by atoms with van der Waals surface area (Å²) in [6.07, 6.45) is 0.386. The van der Waals surface area contributed by atoms with E-state index in [4.69, 9.17) is 5.73 Å². The van der Waals surface area contributed by atoms with Gasteiger partial charge in [0, 0.05) is 13.0 Å². The molecule has 0 radical (unpaired) electrons. The largest absolute Gasteiger partial charge is 0.433 e. The lowest BCUT2D eigenvalue weighted by molar-refractivity contribution is -0.141. The highest BCUT2D eigenvalue weighted by Crippen LogP contribution is 2.50. The van der Waals surface area contributed by atoms with E-state index in [1.54, 1.807) is 0 Å². The molecule has 0 aromatic carbocycles. The SMILES string of the molecule is CC1(CN=C2NC(c3cccc(C(F)(F)F)n3)=NC(N)(CC3(C)CC3)N2)CC1. The Morgan fingerprint density at radius 3 is 2.43 bits per heavy atom. The van der Waals surface area contributed by atoms with Crippen molar-refractivity contribution in [1.82, 2.24) is 15.6 Å². The minimum atomic E-state index is -4.53. The normalized spacial score (nSPS) is 28.9. The van der Waals surface area contributed by atoms with Crippen molar-refractivity contribution in [3.05, 3.63) is 29.6 Å². The van der Waals surface area contributed by atoms with Gasteiger partial charge >= 0.3 is 6.18 Å². The molecule has 3 aliphatic rings. The second-order valence-corrected chi connectivity index (χ2v) is 9.00. The monoisotopic (exact) mass is 394 g/mol. The first kappa shape index (κ1) is 19.2. The predicted molar refractivity (Wildman–Crippen MR) is 101 cm³/mol. The third-order valence-electron chi connectivity index (χ3n) is 5.69. The Kier molecular flexibility index (Phi) is 4.22. The van der Waals surface area contributed by atoms with Crippen LogP contribution in [0.2, 0.25) is 0 Å². The van der Waals surface area contributed by atoms with Gasteiger partial charge in [-0.2, -0.15) is 13.2 Å². The average molecular weight is 394 g/mol. The highest BCUT2D eigenvalue weighted by Gasteiger charge is 2.46. The first-order valence-corrected chi connectivity index (χ1v) is 9.51. The molecule has 4 rings (SSSR count). The third kappa shape index (κ3) is 4.29. The molecule has 1 aliphatic heterocycles. The number of hydrogen-bond acceptors (Lipinski definition) is 4. The quantitative estimate of drug-likeness (QED) is 0.716. The first-order chi connectivity index (χ1) is 13.0. The maximum Gasteiger partial charge on any atom is 0.433 e. The zero-order valence-corrected chi connectivity index (χ0v) is 16.0. The molecule has 28 heavy (non-hydrogen) atoms. The summed E-state index contributed by atoms with van der Waals surface area (Å²) in [5.74, 6) is -0.495. The summed E-state index contributed by atoms with van der Waals surface area (Å²) < 4.78 is 39.2. The number of rotatable bonds is 5. The summed E-state index contributed by atoms with van der Waals surface area (Å²) in [4.78, 5) is 12.8. The molecule has 0 amide bonds. The number of nitrogens with two attached hydrogens (primary N) is 1. The lowest BCUT2D eigenvalue weighted by atomic mass is 9.99. The van der Waals surface area contributed by atoms with Crippen LogP contribution in [-0.2, 0) is 6.18 Å². The van der Waals surface area contributed by atoms with Crippen LogP contribution >= 0.6 is 0 Å². The van der Waals surface area contributed by atoms with E-state index in [9.17, 15) is 13.2 Å². The summed E-state index contributed by atoms with van der Waals surface area (Å²) in [5, 5.41) is 6.14. The minimum absolute atomic E-state index is 0.0858. The van der Waals surface area contributed by atoms with Gasteiger partial charge in [-0.3, -0.25) is 10.7 Å². The number of hydrogen-bond donors (Lipinski definition) is 3. The van der Waals surface area contributed by atoms with Crippen LogP contribution in [0.1, 0.15) is 57.3 Å². The van der Waals surface area contributed by atoms with E-state index in [2.05, 4.69) is 39.4 Å². The van der Waals surface area contributed by atoms with Crippen molar-refractivity contribution in [1.29, 1.82) is 0 Å². The number of guanidine groups is 1. The van der Waals surface area contributed by atoms with E-state index in [0.717, 1.165) is 31.7 Å². The average Bonchev–Trinajstić information content (AvgIpc) is 3.52. The fourth-order valence-corrected chi connectivity index (χ4v) is 3.29. The van der Waals surface area contributed by atoms with Crippen LogP contribution in [-0.4, -0.2) is 29.1 Å². The second kappa shape index (κ2) is 6.17. The zero-order chi connectivity index (χ0) is 20.2. The fraction of sp³-hybridized carbons (Fsp3) is 0.632. The van der Waals surface area contributed by atoms with Gasteiger partial charge in [-0.05, 0) is 48.6 Å². The van der Waals surface area contributed by atoms with Crippen molar-refractivity contribution in [3.8, 4) is 0 Å². The molecule has 2 fully saturated rings. The third-order valence-corrected chi connectivity index (χ3v) is 5.69. The van der Waals surface area contributed by atoms with E-state index < -0.39 is 17.7 Å². The molecule has 4 N–H and O–H groups in total. The molecule has 6 nitrogen and oxygen atoms in total. The molecule has 1 aromatic heterocycles. The Hall–Kier alpha value is -2.16. The molecule has 1 atom stereocenters. The Bertz CT molecular complexity index is 838. The molecule has 0 saturated heterocycles. The van der Waals surface area contributed by atoms with Crippen LogP contribution < -0.4 is 16.4 Å². The molecule has 2 heterocycles. The van der Waals surface area contributed by atoms with Crippen molar-refractivity contribution in [3.63, 3.8) is 0 Å². The van der Waals surface area contributed by atoms with E-state index in [0.29, 0.717) is 18.9 Å². The van der Waals surface area contributed by atoms with Gasteiger partial charge in [0.15, 0.2) is 17.6 Å². The predicted octanol–water partition coefficient (Wildman–Crippen LogP) is 3.00.